The highest BCUT2D eigenvalue weighted by atomic mass is 32.1. The Bertz CT molecular complexity index is 722. The first-order valence-corrected chi connectivity index (χ1v) is 8.26. The van der Waals surface area contributed by atoms with Crippen LogP contribution in [-0.2, 0) is 0 Å². The number of nitro benzene ring substituents is 1. The van der Waals surface area contributed by atoms with E-state index in [4.69, 9.17) is 17.0 Å². The van der Waals surface area contributed by atoms with Crippen molar-refractivity contribution in [2.24, 2.45) is 0 Å². The van der Waals surface area contributed by atoms with E-state index in [1.807, 2.05) is 31.2 Å². The van der Waals surface area contributed by atoms with Gasteiger partial charge in [-0.05, 0) is 49.5 Å². The van der Waals surface area contributed by atoms with E-state index >= 15 is 0 Å². The highest BCUT2D eigenvalue weighted by molar-refractivity contribution is 7.80. The van der Waals surface area contributed by atoms with E-state index in [1.165, 1.54) is 6.07 Å². The fraction of sp³-hybridized carbons (Fsp3) is 0.235. The predicted molar refractivity (Wildman–Crippen MR) is 103 cm³/mol. The number of hydrogen-bond acceptors (Lipinski definition) is 5. The molecular weight excluding hydrogens is 340 g/mol. The first-order chi connectivity index (χ1) is 12.1. The van der Waals surface area contributed by atoms with Crippen molar-refractivity contribution < 1.29 is 9.66 Å². The van der Waals surface area contributed by atoms with E-state index in [0.717, 1.165) is 11.4 Å². The molecule has 0 aromatic heterocycles. The molecular formula is C17H20N4O3S. The van der Waals surface area contributed by atoms with Crippen molar-refractivity contribution in [3.05, 3.63) is 58.6 Å². The van der Waals surface area contributed by atoms with Crippen LogP contribution in [0.3, 0.4) is 0 Å². The average molecular weight is 360 g/mol. The van der Waals surface area contributed by atoms with E-state index in [-0.39, 0.29) is 5.69 Å². The predicted octanol–water partition coefficient (Wildman–Crippen LogP) is 3.39. The molecule has 0 atom stereocenters. The van der Waals surface area contributed by atoms with Gasteiger partial charge in [0.1, 0.15) is 11.4 Å². The molecule has 0 saturated carbocycles. The zero-order chi connectivity index (χ0) is 18.1. The number of nitrogens with one attached hydrogen (secondary N) is 3. The quantitative estimate of drug-likeness (QED) is 0.288. The van der Waals surface area contributed by atoms with Crippen molar-refractivity contribution >= 4 is 34.4 Å². The van der Waals surface area contributed by atoms with Crippen molar-refractivity contribution in [2.75, 3.05) is 30.3 Å². The zero-order valence-corrected chi connectivity index (χ0v) is 14.6. The molecule has 2 rings (SSSR count). The first-order valence-electron chi connectivity index (χ1n) is 7.85. The van der Waals surface area contributed by atoms with Gasteiger partial charge in [0.25, 0.3) is 5.69 Å². The molecule has 0 aliphatic heterocycles. The molecule has 0 bridgehead atoms. The second-order valence-electron chi connectivity index (χ2n) is 5.04. The van der Waals surface area contributed by atoms with Crippen LogP contribution in [0.1, 0.15) is 6.92 Å². The Hall–Kier alpha value is -2.87. The lowest BCUT2D eigenvalue weighted by Crippen LogP contribution is -2.32. The van der Waals surface area contributed by atoms with Crippen LogP contribution in [0.25, 0.3) is 0 Å². The van der Waals surface area contributed by atoms with E-state index in [2.05, 4.69) is 16.0 Å². The van der Waals surface area contributed by atoms with Crippen LogP contribution in [0.4, 0.5) is 17.1 Å². The minimum absolute atomic E-state index is 0.0533. The molecule has 2 aromatic carbocycles. The molecule has 0 amide bonds. The Balaban J connectivity index is 1.74. The molecule has 0 aliphatic rings. The summed E-state index contributed by atoms with van der Waals surface area (Å²) in [6, 6.07) is 14.0. The maximum absolute atomic E-state index is 10.9. The Morgan fingerprint density at radius 1 is 1.16 bits per heavy atom. The van der Waals surface area contributed by atoms with Gasteiger partial charge in [0.2, 0.25) is 0 Å². The standard InChI is InChI=1S/C17H20N4O3S/c1-2-24-14-9-7-13(8-10-14)20-17(25)19-12-11-18-15-5-3-4-6-16(15)21(22)23/h3-10,18H,2,11-12H2,1H3,(H2,19,20,25). The van der Waals surface area contributed by atoms with Gasteiger partial charge < -0.3 is 20.7 Å². The van der Waals surface area contributed by atoms with Gasteiger partial charge in [0.15, 0.2) is 5.11 Å². The Kier molecular flexibility index (Phi) is 6.97. The molecule has 2 aromatic rings. The minimum Gasteiger partial charge on any atom is -0.494 e. The summed E-state index contributed by atoms with van der Waals surface area (Å²) in [5, 5.41) is 20.6. The summed E-state index contributed by atoms with van der Waals surface area (Å²) in [6.07, 6.45) is 0. The largest absolute Gasteiger partial charge is 0.494 e. The molecule has 0 saturated heterocycles. The van der Waals surface area contributed by atoms with Crippen molar-refractivity contribution in [3.8, 4) is 5.75 Å². The van der Waals surface area contributed by atoms with E-state index in [0.29, 0.717) is 30.5 Å². The SMILES string of the molecule is CCOc1ccc(NC(=S)NCCNc2ccccc2[N+](=O)[O-])cc1. The summed E-state index contributed by atoms with van der Waals surface area (Å²) in [7, 11) is 0. The maximum Gasteiger partial charge on any atom is 0.292 e. The maximum atomic E-state index is 10.9. The lowest BCUT2D eigenvalue weighted by Gasteiger charge is -2.12. The monoisotopic (exact) mass is 360 g/mol. The summed E-state index contributed by atoms with van der Waals surface area (Å²) in [4.78, 5) is 10.5. The topological polar surface area (TPSA) is 88.5 Å². The van der Waals surface area contributed by atoms with Crippen molar-refractivity contribution in [3.63, 3.8) is 0 Å². The molecule has 0 spiro atoms. The van der Waals surface area contributed by atoms with Crippen LogP contribution in [-0.4, -0.2) is 29.7 Å². The normalized spacial score (nSPS) is 9.96. The molecule has 0 radical (unpaired) electrons. The van der Waals surface area contributed by atoms with Crippen LogP contribution >= 0.6 is 12.2 Å². The van der Waals surface area contributed by atoms with Crippen LogP contribution in [0, 0.1) is 10.1 Å². The molecule has 0 aliphatic carbocycles. The molecule has 0 heterocycles. The molecule has 0 fully saturated rings. The average Bonchev–Trinajstić information content (AvgIpc) is 2.61. The zero-order valence-electron chi connectivity index (χ0n) is 13.8. The molecule has 132 valence electrons. The summed E-state index contributed by atoms with van der Waals surface area (Å²) in [6.45, 7) is 3.58. The highest BCUT2D eigenvalue weighted by Crippen LogP contribution is 2.22. The van der Waals surface area contributed by atoms with Gasteiger partial charge in [-0.3, -0.25) is 10.1 Å². The number of thiocarbonyl (C=S) groups is 1. The third-order valence-corrected chi connectivity index (χ3v) is 3.50. The number of rotatable bonds is 8. The van der Waals surface area contributed by atoms with E-state index in [9.17, 15) is 10.1 Å². The minimum atomic E-state index is -0.409. The highest BCUT2D eigenvalue weighted by Gasteiger charge is 2.11. The summed E-state index contributed by atoms with van der Waals surface area (Å²) >= 11 is 5.23. The molecule has 25 heavy (non-hydrogen) atoms. The molecule has 0 unspecified atom stereocenters. The number of nitrogens with zero attached hydrogens (tertiary/aromatic N) is 1. The van der Waals surface area contributed by atoms with Crippen LogP contribution < -0.4 is 20.7 Å². The van der Waals surface area contributed by atoms with Gasteiger partial charge in [0.05, 0.1) is 11.5 Å². The van der Waals surface area contributed by atoms with Gasteiger partial charge in [0, 0.05) is 24.8 Å². The number of para-hydroxylation sites is 2. The van der Waals surface area contributed by atoms with Crippen LogP contribution in [0.15, 0.2) is 48.5 Å². The Labute approximate surface area is 151 Å². The molecule has 8 heteroatoms. The summed E-state index contributed by atoms with van der Waals surface area (Å²) < 4.78 is 5.38. The number of ether oxygens (including phenoxy) is 1. The second kappa shape index (κ2) is 9.43. The third kappa shape index (κ3) is 5.92. The Morgan fingerprint density at radius 2 is 1.88 bits per heavy atom. The molecule has 7 nitrogen and oxygen atoms in total. The van der Waals surface area contributed by atoms with Crippen LogP contribution in [0.5, 0.6) is 5.75 Å². The van der Waals surface area contributed by atoms with Crippen LogP contribution in [0.2, 0.25) is 0 Å². The van der Waals surface area contributed by atoms with Crippen molar-refractivity contribution in [2.45, 2.75) is 6.92 Å². The number of benzene rings is 2. The number of nitro groups is 1. The van der Waals surface area contributed by atoms with Gasteiger partial charge in [-0.25, -0.2) is 0 Å². The number of anilines is 2. The van der Waals surface area contributed by atoms with E-state index in [1.54, 1.807) is 18.2 Å². The lowest BCUT2D eigenvalue weighted by atomic mass is 10.2. The smallest absolute Gasteiger partial charge is 0.292 e. The van der Waals surface area contributed by atoms with Crippen molar-refractivity contribution in [1.29, 1.82) is 0 Å². The third-order valence-electron chi connectivity index (χ3n) is 3.25. The van der Waals surface area contributed by atoms with Gasteiger partial charge in [-0.1, -0.05) is 12.1 Å². The number of hydrogen-bond donors (Lipinski definition) is 3. The Morgan fingerprint density at radius 3 is 2.56 bits per heavy atom. The van der Waals surface area contributed by atoms with E-state index < -0.39 is 4.92 Å². The fourth-order valence-electron chi connectivity index (χ4n) is 2.13. The van der Waals surface area contributed by atoms with Gasteiger partial charge >= 0.3 is 0 Å². The summed E-state index contributed by atoms with van der Waals surface area (Å²) in [5.74, 6) is 0.806. The van der Waals surface area contributed by atoms with Crippen molar-refractivity contribution in [1.82, 2.24) is 5.32 Å². The fourth-order valence-corrected chi connectivity index (χ4v) is 2.35. The first kappa shape index (κ1) is 18.5. The molecule has 3 N–H and O–H groups in total. The van der Waals surface area contributed by atoms with Gasteiger partial charge in [-0.2, -0.15) is 0 Å². The summed E-state index contributed by atoms with van der Waals surface area (Å²) in [5.41, 5.74) is 1.39. The lowest BCUT2D eigenvalue weighted by molar-refractivity contribution is -0.384. The van der Waals surface area contributed by atoms with Gasteiger partial charge in [-0.15, -0.1) is 0 Å². The second-order valence-corrected chi connectivity index (χ2v) is 5.45.